The van der Waals surface area contributed by atoms with E-state index in [0.29, 0.717) is 23.4 Å². The maximum Gasteiger partial charge on any atom is 0.141 e. The van der Waals surface area contributed by atoms with Crippen molar-refractivity contribution in [2.45, 2.75) is 44.9 Å². The molecule has 6 heterocycles. The van der Waals surface area contributed by atoms with Gasteiger partial charge in [0, 0.05) is 42.5 Å². The summed E-state index contributed by atoms with van der Waals surface area (Å²) in [6.45, 7) is 7.40. The summed E-state index contributed by atoms with van der Waals surface area (Å²) >= 11 is 0. The van der Waals surface area contributed by atoms with Crippen LogP contribution in [0.1, 0.15) is 31.5 Å². The highest BCUT2D eigenvalue weighted by Gasteiger charge is 2.36. The summed E-state index contributed by atoms with van der Waals surface area (Å²) in [6.07, 6.45) is 4.67. The third-order valence-corrected chi connectivity index (χ3v) is 5.98. The zero-order valence-electron chi connectivity index (χ0n) is 18.0. The summed E-state index contributed by atoms with van der Waals surface area (Å²) in [5.74, 6) is 1.58. The van der Waals surface area contributed by atoms with Gasteiger partial charge in [-0.05, 0) is 45.4 Å². The van der Waals surface area contributed by atoms with Gasteiger partial charge in [0.1, 0.15) is 24.2 Å². The van der Waals surface area contributed by atoms with Gasteiger partial charge in [-0.15, -0.1) is 0 Å². The molecule has 2 N–H and O–H groups in total. The molecule has 3 aliphatic rings. The van der Waals surface area contributed by atoms with Gasteiger partial charge in [0.2, 0.25) is 0 Å². The Morgan fingerprint density at radius 2 is 2.03 bits per heavy atom. The highest BCUT2D eigenvalue weighted by molar-refractivity contribution is 5.85. The molecule has 0 amide bonds. The second kappa shape index (κ2) is 7.22. The molecule has 8 nitrogen and oxygen atoms in total. The first-order valence-corrected chi connectivity index (χ1v) is 10.6. The standard InChI is InChI=1S/C23H26N6O2/c1-14-20(31-13-23(2,3)30)7-19(22-16(8-24)10-26-29(14)22)15-4-5-21(25-9-15)28-11-17-6-18(12-28)27-17/h4-5,7,9-10,17-18,27,30H,6,11-13H2,1-3H3. The van der Waals surface area contributed by atoms with Crippen molar-refractivity contribution in [3.8, 4) is 22.9 Å². The van der Waals surface area contributed by atoms with Gasteiger partial charge >= 0.3 is 0 Å². The Labute approximate surface area is 181 Å². The molecule has 3 aromatic rings. The molecule has 6 rings (SSSR count). The Morgan fingerprint density at radius 3 is 2.65 bits per heavy atom. The largest absolute Gasteiger partial charge is 0.489 e. The average Bonchev–Trinajstić information content (AvgIpc) is 3.17. The van der Waals surface area contributed by atoms with Crippen molar-refractivity contribution in [3.63, 3.8) is 0 Å². The SMILES string of the molecule is Cc1c(OCC(C)(C)O)cc(-c2ccc(N3CC4CC(C3)N4)nc2)c2c(C#N)cnn12. The molecule has 0 aromatic carbocycles. The van der Waals surface area contributed by atoms with Crippen LogP contribution in [-0.4, -0.2) is 57.1 Å². The minimum Gasteiger partial charge on any atom is -0.489 e. The zero-order valence-corrected chi connectivity index (χ0v) is 18.0. The average molecular weight is 419 g/mol. The van der Waals surface area contributed by atoms with E-state index in [0.717, 1.165) is 41.2 Å². The second-order valence-electron chi connectivity index (χ2n) is 9.15. The van der Waals surface area contributed by atoms with E-state index in [-0.39, 0.29) is 6.61 Å². The Kier molecular flexibility index (Phi) is 4.61. The summed E-state index contributed by atoms with van der Waals surface area (Å²) in [7, 11) is 0. The van der Waals surface area contributed by atoms with Gasteiger partial charge in [-0.1, -0.05) is 0 Å². The molecular formula is C23H26N6O2. The molecule has 0 saturated carbocycles. The maximum absolute atomic E-state index is 10.1. The Bertz CT molecular complexity index is 1160. The van der Waals surface area contributed by atoms with Crippen molar-refractivity contribution in [3.05, 3.63) is 41.9 Å². The molecule has 2 atom stereocenters. The molecule has 3 saturated heterocycles. The topological polar surface area (TPSA) is 98.7 Å². The lowest BCUT2D eigenvalue weighted by Crippen LogP contribution is -2.67. The first kappa shape index (κ1) is 19.8. The van der Waals surface area contributed by atoms with Crippen LogP contribution < -0.4 is 15.0 Å². The van der Waals surface area contributed by atoms with Gasteiger partial charge in [-0.3, -0.25) is 0 Å². The Hall–Kier alpha value is -3.15. The quantitative estimate of drug-likeness (QED) is 0.656. The minimum atomic E-state index is -0.962. The predicted molar refractivity (Wildman–Crippen MR) is 117 cm³/mol. The number of hydrogen-bond donors (Lipinski definition) is 2. The molecule has 2 bridgehead atoms. The maximum atomic E-state index is 10.1. The summed E-state index contributed by atoms with van der Waals surface area (Å²) in [5, 5.41) is 27.6. The summed E-state index contributed by atoms with van der Waals surface area (Å²) < 4.78 is 7.65. The van der Waals surface area contributed by atoms with Crippen LogP contribution in [0.25, 0.3) is 16.6 Å². The number of piperidine rings is 1. The van der Waals surface area contributed by atoms with Gasteiger partial charge in [0.25, 0.3) is 0 Å². The molecule has 0 aliphatic carbocycles. The fourth-order valence-corrected chi connectivity index (χ4v) is 4.41. The molecule has 3 aliphatic heterocycles. The number of nitriles is 1. The number of piperazine rings is 1. The molecule has 3 aromatic heterocycles. The van der Waals surface area contributed by atoms with E-state index in [1.54, 1.807) is 24.6 Å². The van der Waals surface area contributed by atoms with E-state index in [4.69, 9.17) is 9.72 Å². The van der Waals surface area contributed by atoms with Crippen LogP contribution in [0.4, 0.5) is 5.82 Å². The number of pyridine rings is 2. The number of nitrogens with zero attached hydrogens (tertiary/aromatic N) is 5. The molecule has 160 valence electrons. The molecule has 3 fully saturated rings. The van der Waals surface area contributed by atoms with Crippen molar-refractivity contribution in [1.82, 2.24) is 19.9 Å². The van der Waals surface area contributed by atoms with E-state index in [2.05, 4.69) is 21.4 Å². The third kappa shape index (κ3) is 3.60. The van der Waals surface area contributed by atoms with Crippen LogP contribution in [-0.2, 0) is 0 Å². The van der Waals surface area contributed by atoms with E-state index in [9.17, 15) is 10.4 Å². The van der Waals surface area contributed by atoms with Gasteiger partial charge < -0.3 is 20.1 Å². The first-order chi connectivity index (χ1) is 14.8. The molecule has 2 unspecified atom stereocenters. The number of aliphatic hydroxyl groups is 1. The van der Waals surface area contributed by atoms with E-state index >= 15 is 0 Å². The van der Waals surface area contributed by atoms with Crippen molar-refractivity contribution in [2.24, 2.45) is 0 Å². The van der Waals surface area contributed by atoms with E-state index in [1.165, 1.54) is 6.42 Å². The van der Waals surface area contributed by atoms with Gasteiger partial charge in [-0.2, -0.15) is 10.4 Å². The number of rotatable bonds is 5. The number of hydrogen-bond acceptors (Lipinski definition) is 7. The molecular weight excluding hydrogens is 392 g/mol. The fourth-order valence-electron chi connectivity index (χ4n) is 4.41. The number of ether oxygens (including phenoxy) is 1. The normalized spacial score (nSPS) is 20.4. The number of aromatic nitrogens is 3. The highest BCUT2D eigenvalue weighted by atomic mass is 16.5. The van der Waals surface area contributed by atoms with Crippen LogP contribution in [0.5, 0.6) is 5.75 Å². The first-order valence-electron chi connectivity index (χ1n) is 10.6. The third-order valence-electron chi connectivity index (χ3n) is 5.98. The Balaban J connectivity index is 1.54. The Morgan fingerprint density at radius 1 is 1.29 bits per heavy atom. The lowest BCUT2D eigenvalue weighted by atomic mass is 9.91. The van der Waals surface area contributed by atoms with Gasteiger partial charge in [0.05, 0.1) is 28.6 Å². The molecule has 8 heteroatoms. The van der Waals surface area contributed by atoms with E-state index < -0.39 is 5.60 Å². The van der Waals surface area contributed by atoms with Crippen LogP contribution >= 0.6 is 0 Å². The van der Waals surface area contributed by atoms with Gasteiger partial charge in [0.15, 0.2) is 0 Å². The summed E-state index contributed by atoms with van der Waals surface area (Å²) in [5.41, 5.74) is 2.75. The minimum absolute atomic E-state index is 0.147. The van der Waals surface area contributed by atoms with Crippen molar-refractivity contribution in [1.29, 1.82) is 5.26 Å². The summed E-state index contributed by atoms with van der Waals surface area (Å²) in [4.78, 5) is 7.04. The van der Waals surface area contributed by atoms with E-state index in [1.807, 2.05) is 31.3 Å². The molecule has 0 spiro atoms. The van der Waals surface area contributed by atoms with Crippen LogP contribution in [0, 0.1) is 18.3 Å². The van der Waals surface area contributed by atoms with Crippen molar-refractivity contribution >= 4 is 11.3 Å². The monoisotopic (exact) mass is 418 g/mol. The molecule has 0 radical (unpaired) electrons. The number of aryl methyl sites for hydroxylation is 1. The molecule has 31 heavy (non-hydrogen) atoms. The lowest BCUT2D eigenvalue weighted by Gasteiger charge is -2.48. The fraction of sp³-hybridized carbons (Fsp3) is 0.435. The van der Waals surface area contributed by atoms with Crippen LogP contribution in [0.3, 0.4) is 0 Å². The lowest BCUT2D eigenvalue weighted by molar-refractivity contribution is 0.0281. The second-order valence-corrected chi connectivity index (χ2v) is 9.15. The summed E-state index contributed by atoms with van der Waals surface area (Å²) in [6, 6.07) is 9.36. The van der Waals surface area contributed by atoms with Crippen LogP contribution in [0.2, 0.25) is 0 Å². The van der Waals surface area contributed by atoms with Gasteiger partial charge in [-0.25, -0.2) is 9.50 Å². The number of nitrogens with one attached hydrogen (secondary N) is 1. The highest BCUT2D eigenvalue weighted by Crippen LogP contribution is 2.34. The number of fused-ring (bicyclic) bond motifs is 3. The van der Waals surface area contributed by atoms with Crippen molar-refractivity contribution in [2.75, 3.05) is 24.6 Å². The van der Waals surface area contributed by atoms with Crippen LogP contribution in [0.15, 0.2) is 30.6 Å². The predicted octanol–water partition coefficient (Wildman–Crippen LogP) is 2.28. The smallest absolute Gasteiger partial charge is 0.141 e. The van der Waals surface area contributed by atoms with Crippen molar-refractivity contribution < 1.29 is 9.84 Å². The zero-order chi connectivity index (χ0) is 21.8. The number of anilines is 1.